The summed E-state index contributed by atoms with van der Waals surface area (Å²) in [5.41, 5.74) is 0. The molecule has 93 heavy (non-hydrogen) atoms. The second kappa shape index (κ2) is 67.3. The average molecular weight is 1370 g/mol. The molecule has 0 aromatic rings. The van der Waals surface area contributed by atoms with Crippen LogP contribution in [-0.2, 0) is 65.4 Å². The highest BCUT2D eigenvalue weighted by atomic mass is 31.2. The van der Waals surface area contributed by atoms with Crippen molar-refractivity contribution in [3.63, 3.8) is 0 Å². The summed E-state index contributed by atoms with van der Waals surface area (Å²) in [6.45, 7) is 7.25. The average Bonchev–Trinajstić information content (AvgIpc) is 1.57. The first-order valence-electron chi connectivity index (χ1n) is 38.6. The maximum absolute atomic E-state index is 13.1. The van der Waals surface area contributed by atoms with Crippen LogP contribution in [0, 0.1) is 5.92 Å². The molecule has 0 rings (SSSR count). The van der Waals surface area contributed by atoms with Crippen LogP contribution in [-0.4, -0.2) is 96.7 Å². The highest BCUT2D eigenvalue weighted by molar-refractivity contribution is 7.47. The number of ether oxygens (including phenoxy) is 4. The molecule has 0 aliphatic heterocycles. The normalized spacial score (nSPS) is 14.0. The van der Waals surface area contributed by atoms with E-state index in [1.165, 1.54) is 212 Å². The summed E-state index contributed by atoms with van der Waals surface area (Å²) in [5, 5.41) is 10.6. The summed E-state index contributed by atoms with van der Waals surface area (Å²) < 4.78 is 68.4. The van der Waals surface area contributed by atoms with Gasteiger partial charge in [0.1, 0.15) is 19.3 Å². The van der Waals surface area contributed by atoms with Crippen molar-refractivity contribution in [1.82, 2.24) is 0 Å². The summed E-state index contributed by atoms with van der Waals surface area (Å²) in [4.78, 5) is 72.6. The summed E-state index contributed by atoms with van der Waals surface area (Å²) in [6.07, 6.45) is 55.5. The van der Waals surface area contributed by atoms with E-state index in [4.69, 9.17) is 37.0 Å². The van der Waals surface area contributed by atoms with Crippen LogP contribution in [0.4, 0.5) is 0 Å². The van der Waals surface area contributed by atoms with Gasteiger partial charge in [0, 0.05) is 25.7 Å². The Morgan fingerprint density at radius 3 is 0.731 bits per heavy atom. The van der Waals surface area contributed by atoms with Crippen LogP contribution in [0.2, 0.25) is 0 Å². The van der Waals surface area contributed by atoms with Crippen molar-refractivity contribution in [3.05, 3.63) is 0 Å². The Kier molecular flexibility index (Phi) is 65.9. The minimum atomic E-state index is -4.95. The predicted molar refractivity (Wildman–Crippen MR) is 377 cm³/mol. The van der Waals surface area contributed by atoms with Gasteiger partial charge in [0.25, 0.3) is 0 Å². The molecule has 5 atom stereocenters. The molecule has 0 bridgehead atoms. The standard InChI is InChI=1S/C74H144O17P2/c1-6-9-12-15-18-21-23-24-25-26-27-28-29-30-31-33-40-45-50-55-60-74(79)91-70(64-85-72(77)58-53-48-43-38-35-34-37-41-46-51-56-67(4)5)66-89-93(82,83)87-62-68(75)61-86-92(80,81)88-65-69(63-84-71(76)57-52-47-42-36-20-17-14-11-8-3)90-73(78)59-54-49-44-39-32-22-19-16-13-10-7-2/h67-70,75H,6-66H2,1-5H3,(H,80,81)(H,82,83)/t68-,69+,70+/m0/s1. The van der Waals surface area contributed by atoms with E-state index in [0.29, 0.717) is 25.7 Å². The fourth-order valence-corrected chi connectivity index (χ4v) is 12.9. The molecular formula is C74H144O17P2. The van der Waals surface area contributed by atoms with Gasteiger partial charge in [-0.1, -0.05) is 336 Å². The number of esters is 4. The molecule has 0 aliphatic rings. The molecule has 3 N–H and O–H groups in total. The summed E-state index contributed by atoms with van der Waals surface area (Å²) >= 11 is 0. The molecule has 0 aromatic carbocycles. The lowest BCUT2D eigenvalue weighted by Crippen LogP contribution is -2.30. The first-order chi connectivity index (χ1) is 45.0. The van der Waals surface area contributed by atoms with Crippen LogP contribution in [0.25, 0.3) is 0 Å². The second-order valence-corrected chi connectivity index (χ2v) is 30.1. The highest BCUT2D eigenvalue weighted by Crippen LogP contribution is 2.45. The Bertz CT molecular complexity index is 1790. The molecule has 0 heterocycles. The van der Waals surface area contributed by atoms with Crippen molar-refractivity contribution in [2.75, 3.05) is 39.6 Å². The molecule has 19 heteroatoms. The number of aliphatic hydroxyl groups excluding tert-OH is 1. The number of carbonyl (C=O) groups excluding carboxylic acids is 4. The second-order valence-electron chi connectivity index (χ2n) is 27.2. The zero-order valence-corrected chi connectivity index (χ0v) is 62.2. The van der Waals surface area contributed by atoms with Crippen molar-refractivity contribution in [3.8, 4) is 0 Å². The quantitative estimate of drug-likeness (QED) is 0.0222. The molecule has 0 saturated carbocycles. The largest absolute Gasteiger partial charge is 0.472 e. The number of phosphoric ester groups is 2. The van der Waals surface area contributed by atoms with Gasteiger partial charge in [-0.25, -0.2) is 9.13 Å². The van der Waals surface area contributed by atoms with Gasteiger partial charge in [0.15, 0.2) is 12.2 Å². The SMILES string of the molecule is CCCCCCCCCCCCCCCCCCCCCCC(=O)O[C@H](COC(=O)CCCCCCCCCCCCC(C)C)COP(=O)(O)OC[C@@H](O)COP(=O)(O)OC[C@@H](COC(=O)CCCCCCCCCCC)OC(=O)CCCCCCCCCCCCC. The van der Waals surface area contributed by atoms with Crippen molar-refractivity contribution in [2.24, 2.45) is 5.92 Å². The third kappa shape index (κ3) is 68.4. The fourth-order valence-electron chi connectivity index (χ4n) is 11.4. The maximum atomic E-state index is 13.1. The highest BCUT2D eigenvalue weighted by Gasteiger charge is 2.30. The smallest absolute Gasteiger partial charge is 0.462 e. The minimum absolute atomic E-state index is 0.107. The zero-order chi connectivity index (χ0) is 68.4. The molecule has 0 radical (unpaired) electrons. The van der Waals surface area contributed by atoms with Gasteiger partial charge in [-0.2, -0.15) is 0 Å². The third-order valence-electron chi connectivity index (χ3n) is 17.3. The number of hydrogen-bond donors (Lipinski definition) is 3. The van der Waals surface area contributed by atoms with E-state index in [1.54, 1.807) is 0 Å². The number of rotatable bonds is 74. The van der Waals surface area contributed by atoms with E-state index in [2.05, 4.69) is 34.6 Å². The monoisotopic (exact) mass is 1370 g/mol. The molecule has 0 saturated heterocycles. The number of aliphatic hydroxyl groups is 1. The lowest BCUT2D eigenvalue weighted by molar-refractivity contribution is -0.161. The van der Waals surface area contributed by atoms with Crippen LogP contribution in [0.3, 0.4) is 0 Å². The predicted octanol–water partition coefficient (Wildman–Crippen LogP) is 21.7. The fraction of sp³-hybridized carbons (Fsp3) is 0.946. The Hall–Kier alpha value is -1.94. The number of phosphoric acid groups is 2. The van der Waals surface area contributed by atoms with Crippen LogP contribution in [0.15, 0.2) is 0 Å². The van der Waals surface area contributed by atoms with Crippen LogP contribution < -0.4 is 0 Å². The van der Waals surface area contributed by atoms with Gasteiger partial charge in [0.05, 0.1) is 26.4 Å². The molecule has 0 fully saturated rings. The van der Waals surface area contributed by atoms with E-state index in [9.17, 15) is 43.2 Å². The lowest BCUT2D eigenvalue weighted by Gasteiger charge is -2.21. The Balaban J connectivity index is 5.19. The van der Waals surface area contributed by atoms with E-state index in [0.717, 1.165) is 95.8 Å². The Morgan fingerprint density at radius 1 is 0.290 bits per heavy atom. The van der Waals surface area contributed by atoms with Crippen molar-refractivity contribution in [1.29, 1.82) is 0 Å². The van der Waals surface area contributed by atoms with Gasteiger partial charge in [-0.05, 0) is 31.6 Å². The van der Waals surface area contributed by atoms with E-state index in [-0.39, 0.29) is 25.7 Å². The Morgan fingerprint density at radius 2 is 0.495 bits per heavy atom. The van der Waals surface area contributed by atoms with E-state index < -0.39 is 97.5 Å². The van der Waals surface area contributed by atoms with Gasteiger partial charge in [-0.3, -0.25) is 37.3 Å². The van der Waals surface area contributed by atoms with Crippen molar-refractivity contribution < 1.29 is 80.2 Å². The number of hydrogen-bond acceptors (Lipinski definition) is 15. The lowest BCUT2D eigenvalue weighted by atomic mass is 10.0. The molecule has 2 unspecified atom stereocenters. The first kappa shape index (κ1) is 91.1. The third-order valence-corrected chi connectivity index (χ3v) is 19.2. The van der Waals surface area contributed by atoms with Gasteiger partial charge >= 0.3 is 39.5 Å². The van der Waals surface area contributed by atoms with Crippen molar-refractivity contribution in [2.45, 2.75) is 406 Å². The van der Waals surface area contributed by atoms with Gasteiger partial charge < -0.3 is 33.8 Å². The zero-order valence-electron chi connectivity index (χ0n) is 60.4. The molecule has 552 valence electrons. The summed E-state index contributed by atoms with van der Waals surface area (Å²) in [5.74, 6) is -1.36. The van der Waals surface area contributed by atoms with Crippen molar-refractivity contribution >= 4 is 39.5 Å². The molecule has 0 amide bonds. The molecule has 17 nitrogen and oxygen atoms in total. The maximum Gasteiger partial charge on any atom is 0.472 e. The summed E-state index contributed by atoms with van der Waals surface area (Å²) in [6, 6.07) is 0. The topological polar surface area (TPSA) is 237 Å². The van der Waals surface area contributed by atoms with Gasteiger partial charge in [-0.15, -0.1) is 0 Å². The first-order valence-corrected chi connectivity index (χ1v) is 41.6. The molecule has 0 spiro atoms. The van der Waals surface area contributed by atoms with E-state index >= 15 is 0 Å². The van der Waals surface area contributed by atoms with Crippen LogP contribution in [0.1, 0.15) is 388 Å². The molecule has 0 aromatic heterocycles. The van der Waals surface area contributed by atoms with Crippen LogP contribution >= 0.6 is 15.6 Å². The van der Waals surface area contributed by atoms with E-state index in [1.807, 2.05) is 0 Å². The van der Waals surface area contributed by atoms with Crippen LogP contribution in [0.5, 0.6) is 0 Å². The summed E-state index contributed by atoms with van der Waals surface area (Å²) in [7, 11) is -9.90. The van der Waals surface area contributed by atoms with Gasteiger partial charge in [0.2, 0.25) is 0 Å². The number of unbranched alkanes of at least 4 members (excludes halogenated alkanes) is 46. The molecule has 0 aliphatic carbocycles. The molecular weight excluding hydrogens is 1220 g/mol. The minimum Gasteiger partial charge on any atom is -0.462 e. The number of carbonyl (C=O) groups is 4. The Labute approximate surface area is 568 Å².